The molecule has 2 aliphatic rings. The fourth-order valence-electron chi connectivity index (χ4n) is 3.04. The zero-order chi connectivity index (χ0) is 17.1. The molecule has 2 fully saturated rings. The van der Waals surface area contributed by atoms with Gasteiger partial charge >= 0.3 is 11.6 Å². The Hall–Kier alpha value is -2.53. The summed E-state index contributed by atoms with van der Waals surface area (Å²) < 4.78 is 42.3. The van der Waals surface area contributed by atoms with Gasteiger partial charge in [-0.2, -0.15) is 4.39 Å². The van der Waals surface area contributed by atoms with E-state index in [-0.39, 0.29) is 24.6 Å². The molecule has 1 unspecified atom stereocenters. The summed E-state index contributed by atoms with van der Waals surface area (Å²) in [7, 11) is 0. The summed E-state index contributed by atoms with van der Waals surface area (Å²) in [5, 5.41) is 25.6. The van der Waals surface area contributed by atoms with Crippen LogP contribution in [0.5, 0.6) is 0 Å². The van der Waals surface area contributed by atoms with Crippen LogP contribution in [0.15, 0.2) is 6.20 Å². The highest BCUT2D eigenvalue weighted by Crippen LogP contribution is 2.48. The molecule has 0 amide bonds. The number of halogens is 3. The first kappa shape index (κ1) is 15.0. The van der Waals surface area contributed by atoms with E-state index in [0.717, 1.165) is 23.7 Å². The maximum atomic E-state index is 13.7. The highest BCUT2D eigenvalue weighted by Gasteiger charge is 2.49. The molecule has 9 nitrogen and oxygen atoms in total. The third-order valence-corrected chi connectivity index (χ3v) is 4.42. The maximum absolute atomic E-state index is 13.7. The van der Waals surface area contributed by atoms with Crippen LogP contribution < -0.4 is 0 Å². The van der Waals surface area contributed by atoms with Crippen molar-refractivity contribution >= 4 is 5.69 Å². The number of nitro groups is 1. The van der Waals surface area contributed by atoms with E-state index < -0.39 is 34.6 Å². The molecule has 2 aliphatic carbocycles. The SMILES string of the molecule is O=[N+]([O-])c1cn(C(c2nnnn2C2CC(F)(F)C2)C2CC2)nc1F. The quantitative estimate of drug-likeness (QED) is 0.606. The van der Waals surface area contributed by atoms with Crippen molar-refractivity contribution in [2.75, 3.05) is 0 Å². The lowest BCUT2D eigenvalue weighted by molar-refractivity contribution is -0.387. The summed E-state index contributed by atoms with van der Waals surface area (Å²) in [4.78, 5) is 9.95. The zero-order valence-electron chi connectivity index (χ0n) is 12.2. The summed E-state index contributed by atoms with van der Waals surface area (Å²) in [6, 6.07) is -1.15. The first-order valence-corrected chi connectivity index (χ1v) is 7.40. The molecule has 128 valence electrons. The molecule has 2 saturated carbocycles. The van der Waals surface area contributed by atoms with E-state index in [1.807, 2.05) is 0 Å². The van der Waals surface area contributed by atoms with Gasteiger partial charge in [-0.05, 0) is 29.2 Å². The Morgan fingerprint density at radius 2 is 2.08 bits per heavy atom. The third-order valence-electron chi connectivity index (χ3n) is 4.42. The largest absolute Gasteiger partial charge is 0.343 e. The van der Waals surface area contributed by atoms with Crippen LogP contribution in [0.1, 0.15) is 43.6 Å². The van der Waals surface area contributed by atoms with Crippen molar-refractivity contribution in [3.63, 3.8) is 0 Å². The van der Waals surface area contributed by atoms with Crippen molar-refractivity contribution < 1.29 is 18.1 Å². The van der Waals surface area contributed by atoms with E-state index in [2.05, 4.69) is 20.6 Å². The van der Waals surface area contributed by atoms with Gasteiger partial charge in [0.2, 0.25) is 0 Å². The predicted octanol–water partition coefficient (Wildman–Crippen LogP) is 1.89. The first-order valence-electron chi connectivity index (χ1n) is 7.40. The molecule has 0 bridgehead atoms. The van der Waals surface area contributed by atoms with Crippen LogP contribution in [0.2, 0.25) is 0 Å². The minimum atomic E-state index is -2.74. The van der Waals surface area contributed by atoms with Crippen LogP contribution in [-0.4, -0.2) is 40.8 Å². The van der Waals surface area contributed by atoms with Gasteiger partial charge in [0.15, 0.2) is 5.82 Å². The number of tetrazole rings is 1. The number of aromatic nitrogens is 6. The summed E-state index contributed by atoms with van der Waals surface area (Å²) in [6.07, 6.45) is 1.86. The van der Waals surface area contributed by atoms with Crippen LogP contribution >= 0.6 is 0 Å². The van der Waals surface area contributed by atoms with E-state index >= 15 is 0 Å². The number of hydrogen-bond donors (Lipinski definition) is 0. The Morgan fingerprint density at radius 3 is 2.62 bits per heavy atom. The Kier molecular flexibility index (Phi) is 3.12. The van der Waals surface area contributed by atoms with E-state index in [1.54, 1.807) is 0 Å². The highest BCUT2D eigenvalue weighted by molar-refractivity contribution is 5.24. The molecule has 0 saturated heterocycles. The Labute approximate surface area is 132 Å². The smallest absolute Gasteiger partial charge is 0.258 e. The molecule has 0 N–H and O–H groups in total. The second kappa shape index (κ2) is 4.98. The van der Waals surface area contributed by atoms with E-state index in [4.69, 9.17) is 0 Å². The van der Waals surface area contributed by atoms with Gasteiger partial charge in [0, 0.05) is 12.8 Å². The summed E-state index contributed by atoms with van der Waals surface area (Å²) in [5.41, 5.74) is -0.741. The van der Waals surface area contributed by atoms with E-state index in [9.17, 15) is 23.3 Å². The van der Waals surface area contributed by atoms with Gasteiger partial charge in [-0.1, -0.05) is 0 Å². The van der Waals surface area contributed by atoms with Crippen LogP contribution in [0.25, 0.3) is 0 Å². The van der Waals surface area contributed by atoms with Crippen LogP contribution in [0.4, 0.5) is 18.9 Å². The first-order chi connectivity index (χ1) is 11.4. The van der Waals surface area contributed by atoms with Gasteiger partial charge in [0.1, 0.15) is 12.2 Å². The lowest BCUT2D eigenvalue weighted by Gasteiger charge is -2.35. The molecule has 0 aromatic carbocycles. The molecule has 24 heavy (non-hydrogen) atoms. The number of alkyl halides is 2. The zero-order valence-corrected chi connectivity index (χ0v) is 12.2. The average Bonchev–Trinajstić information content (AvgIpc) is 3.04. The minimum absolute atomic E-state index is 0.0363. The third kappa shape index (κ3) is 2.41. The lowest BCUT2D eigenvalue weighted by atomic mass is 9.88. The molecule has 12 heteroatoms. The highest BCUT2D eigenvalue weighted by atomic mass is 19.3. The van der Waals surface area contributed by atoms with Crippen molar-refractivity contribution in [1.82, 2.24) is 30.0 Å². The molecule has 4 rings (SSSR count). The summed E-state index contributed by atoms with van der Waals surface area (Å²) >= 11 is 0. The van der Waals surface area contributed by atoms with Crippen LogP contribution in [0, 0.1) is 22.0 Å². The second-order valence-corrected chi connectivity index (χ2v) is 6.22. The average molecular weight is 343 g/mol. The van der Waals surface area contributed by atoms with Gasteiger partial charge in [0.05, 0.1) is 11.0 Å². The second-order valence-electron chi connectivity index (χ2n) is 6.22. The van der Waals surface area contributed by atoms with E-state index in [0.29, 0.717) is 0 Å². The summed E-state index contributed by atoms with van der Waals surface area (Å²) in [6.45, 7) is 0. The number of nitrogens with zero attached hydrogens (tertiary/aromatic N) is 7. The van der Waals surface area contributed by atoms with Crippen LogP contribution in [-0.2, 0) is 0 Å². The normalized spacial score (nSPS) is 21.5. The molecule has 2 heterocycles. The van der Waals surface area contributed by atoms with E-state index in [1.165, 1.54) is 4.68 Å². The van der Waals surface area contributed by atoms with Crippen LogP contribution in [0.3, 0.4) is 0 Å². The molecule has 2 aromatic heterocycles. The molecule has 0 spiro atoms. The fraction of sp³-hybridized carbons (Fsp3) is 0.667. The molecular formula is C12H12F3N7O2. The molecule has 2 aromatic rings. The minimum Gasteiger partial charge on any atom is -0.258 e. The number of hydrogen-bond acceptors (Lipinski definition) is 6. The molecule has 1 atom stereocenters. The van der Waals surface area contributed by atoms with Crippen molar-refractivity contribution in [3.05, 3.63) is 28.1 Å². The van der Waals surface area contributed by atoms with Crippen molar-refractivity contribution in [2.24, 2.45) is 5.92 Å². The van der Waals surface area contributed by atoms with Gasteiger partial charge in [-0.25, -0.2) is 13.5 Å². The Balaban J connectivity index is 1.69. The molecule has 0 aliphatic heterocycles. The predicted molar refractivity (Wildman–Crippen MR) is 70.7 cm³/mol. The lowest BCUT2D eigenvalue weighted by Crippen LogP contribution is -2.39. The molecule has 0 radical (unpaired) electrons. The monoisotopic (exact) mass is 343 g/mol. The van der Waals surface area contributed by atoms with Gasteiger partial charge in [0.25, 0.3) is 5.92 Å². The fourth-order valence-corrected chi connectivity index (χ4v) is 3.04. The topological polar surface area (TPSA) is 105 Å². The molecular weight excluding hydrogens is 331 g/mol. The Morgan fingerprint density at radius 1 is 1.38 bits per heavy atom. The van der Waals surface area contributed by atoms with Gasteiger partial charge < -0.3 is 0 Å². The Bertz CT molecular complexity index is 792. The number of rotatable bonds is 5. The summed E-state index contributed by atoms with van der Waals surface area (Å²) in [5.74, 6) is -3.62. The van der Waals surface area contributed by atoms with Gasteiger partial charge in [-0.15, -0.1) is 10.2 Å². The van der Waals surface area contributed by atoms with Crippen molar-refractivity contribution in [3.8, 4) is 0 Å². The van der Waals surface area contributed by atoms with Gasteiger partial charge in [-0.3, -0.25) is 14.8 Å². The van der Waals surface area contributed by atoms with Crippen molar-refractivity contribution in [2.45, 2.75) is 43.7 Å². The standard InChI is InChI=1S/C12H12F3N7O2/c13-10-8(22(23)24)5-20(17-10)9(6-1-2-6)11-16-18-19-21(11)7-3-12(14,15)4-7/h5-7,9H,1-4H2. The van der Waals surface area contributed by atoms with Crippen molar-refractivity contribution in [1.29, 1.82) is 0 Å². The maximum Gasteiger partial charge on any atom is 0.343 e.